The van der Waals surface area contributed by atoms with Crippen molar-refractivity contribution < 1.29 is 4.79 Å². The van der Waals surface area contributed by atoms with Gasteiger partial charge in [0, 0.05) is 19.1 Å². The minimum Gasteiger partial charge on any atom is -0.338 e. The molecule has 24 heavy (non-hydrogen) atoms. The molecule has 1 aliphatic heterocycles. The maximum absolute atomic E-state index is 12.9. The SMILES string of the molecule is Cc1c(C(=O)N2CC3CCC(N)C3C2)cnn1-c1ccccc1Cl. The number of nitrogens with zero attached hydrogens (tertiary/aromatic N) is 3. The van der Waals surface area contributed by atoms with E-state index in [-0.39, 0.29) is 11.9 Å². The molecule has 3 unspecified atom stereocenters. The van der Waals surface area contributed by atoms with E-state index in [1.165, 1.54) is 0 Å². The number of amides is 1. The number of likely N-dealkylation sites (tertiary alicyclic amines) is 1. The Morgan fingerprint density at radius 1 is 1.29 bits per heavy atom. The molecular formula is C18H21ClN4O. The summed E-state index contributed by atoms with van der Waals surface area (Å²) in [5, 5.41) is 5.00. The van der Waals surface area contributed by atoms with Crippen molar-refractivity contribution in [1.82, 2.24) is 14.7 Å². The van der Waals surface area contributed by atoms with E-state index < -0.39 is 0 Å². The summed E-state index contributed by atoms with van der Waals surface area (Å²) in [6.45, 7) is 3.49. The second-order valence-electron chi connectivity index (χ2n) is 6.88. The highest BCUT2D eigenvalue weighted by Gasteiger charge is 2.43. The van der Waals surface area contributed by atoms with E-state index in [0.29, 0.717) is 22.4 Å². The zero-order chi connectivity index (χ0) is 16.8. The van der Waals surface area contributed by atoms with Gasteiger partial charge in [0.15, 0.2) is 0 Å². The molecule has 2 heterocycles. The lowest BCUT2D eigenvalue weighted by Crippen LogP contribution is -2.33. The highest BCUT2D eigenvalue weighted by molar-refractivity contribution is 6.32. The Labute approximate surface area is 146 Å². The Balaban J connectivity index is 1.60. The van der Waals surface area contributed by atoms with Gasteiger partial charge < -0.3 is 10.6 Å². The lowest BCUT2D eigenvalue weighted by atomic mass is 9.98. The lowest BCUT2D eigenvalue weighted by Gasteiger charge is -2.18. The number of halogens is 1. The Hall–Kier alpha value is -1.85. The van der Waals surface area contributed by atoms with Crippen LogP contribution >= 0.6 is 11.6 Å². The van der Waals surface area contributed by atoms with E-state index in [1.807, 2.05) is 36.1 Å². The van der Waals surface area contributed by atoms with Crippen molar-refractivity contribution >= 4 is 17.5 Å². The molecule has 4 rings (SSSR count). The number of hydrogen-bond donors (Lipinski definition) is 1. The molecule has 1 aromatic heterocycles. The van der Waals surface area contributed by atoms with Crippen LogP contribution in [0.1, 0.15) is 28.9 Å². The summed E-state index contributed by atoms with van der Waals surface area (Å²) in [5.41, 5.74) is 8.42. The Morgan fingerprint density at radius 2 is 2.08 bits per heavy atom. The smallest absolute Gasteiger partial charge is 0.257 e. The zero-order valence-corrected chi connectivity index (χ0v) is 14.4. The number of fused-ring (bicyclic) bond motifs is 1. The quantitative estimate of drug-likeness (QED) is 0.910. The summed E-state index contributed by atoms with van der Waals surface area (Å²) >= 11 is 6.26. The van der Waals surface area contributed by atoms with E-state index in [4.69, 9.17) is 17.3 Å². The minimum atomic E-state index is 0.0485. The monoisotopic (exact) mass is 344 g/mol. The van der Waals surface area contributed by atoms with Crippen LogP contribution in [0.4, 0.5) is 0 Å². The molecule has 2 aromatic rings. The maximum Gasteiger partial charge on any atom is 0.257 e. The molecule has 1 aliphatic carbocycles. The van der Waals surface area contributed by atoms with Crippen molar-refractivity contribution in [2.45, 2.75) is 25.8 Å². The van der Waals surface area contributed by atoms with Crippen molar-refractivity contribution in [3.05, 3.63) is 46.7 Å². The minimum absolute atomic E-state index is 0.0485. The maximum atomic E-state index is 12.9. The fraction of sp³-hybridized carbons (Fsp3) is 0.444. The highest BCUT2D eigenvalue weighted by Crippen LogP contribution is 2.37. The van der Waals surface area contributed by atoms with Gasteiger partial charge in [-0.25, -0.2) is 4.68 Å². The van der Waals surface area contributed by atoms with E-state index in [2.05, 4.69) is 5.10 Å². The number of benzene rings is 1. The van der Waals surface area contributed by atoms with Gasteiger partial charge in [0.05, 0.1) is 28.2 Å². The van der Waals surface area contributed by atoms with Crippen LogP contribution in [-0.4, -0.2) is 39.7 Å². The number of carbonyl (C=O) groups is 1. The first-order chi connectivity index (χ1) is 11.6. The lowest BCUT2D eigenvalue weighted by molar-refractivity contribution is 0.0779. The summed E-state index contributed by atoms with van der Waals surface area (Å²) in [7, 11) is 0. The van der Waals surface area contributed by atoms with E-state index in [1.54, 1.807) is 10.9 Å². The number of rotatable bonds is 2. The molecule has 126 valence electrons. The average molecular weight is 345 g/mol. The number of para-hydroxylation sites is 1. The van der Waals surface area contributed by atoms with Gasteiger partial charge in [0.25, 0.3) is 5.91 Å². The zero-order valence-electron chi connectivity index (χ0n) is 13.7. The predicted molar refractivity (Wildman–Crippen MR) is 93.4 cm³/mol. The van der Waals surface area contributed by atoms with Crippen LogP contribution in [0, 0.1) is 18.8 Å². The molecule has 3 atom stereocenters. The number of nitrogens with two attached hydrogens (primary N) is 1. The molecule has 1 saturated heterocycles. The molecule has 2 N–H and O–H groups in total. The summed E-state index contributed by atoms with van der Waals surface area (Å²) < 4.78 is 1.73. The fourth-order valence-corrected chi connectivity index (χ4v) is 4.35. The van der Waals surface area contributed by atoms with Crippen molar-refractivity contribution in [1.29, 1.82) is 0 Å². The molecular weight excluding hydrogens is 324 g/mol. The van der Waals surface area contributed by atoms with E-state index in [9.17, 15) is 4.79 Å². The normalized spacial score (nSPS) is 26.0. The topological polar surface area (TPSA) is 64.2 Å². The third-order valence-corrected chi connectivity index (χ3v) is 5.84. The molecule has 2 fully saturated rings. The molecule has 2 aliphatic rings. The molecule has 0 bridgehead atoms. The van der Waals surface area contributed by atoms with Crippen molar-refractivity contribution in [2.75, 3.05) is 13.1 Å². The third kappa shape index (κ3) is 2.43. The molecule has 0 spiro atoms. The molecule has 0 radical (unpaired) electrons. The van der Waals surface area contributed by atoms with Gasteiger partial charge in [-0.05, 0) is 43.7 Å². The Kier molecular flexibility index (Phi) is 3.85. The number of aromatic nitrogens is 2. The predicted octanol–water partition coefficient (Wildman–Crippen LogP) is 2.64. The first-order valence-electron chi connectivity index (χ1n) is 8.40. The van der Waals surface area contributed by atoms with Gasteiger partial charge in [-0.3, -0.25) is 4.79 Å². The van der Waals surface area contributed by atoms with Gasteiger partial charge in [-0.15, -0.1) is 0 Å². The summed E-state index contributed by atoms with van der Waals surface area (Å²) in [6.07, 6.45) is 3.86. The Morgan fingerprint density at radius 3 is 2.83 bits per heavy atom. The van der Waals surface area contributed by atoms with Gasteiger partial charge in [-0.2, -0.15) is 5.10 Å². The van der Waals surface area contributed by atoms with Crippen molar-refractivity contribution in [3.8, 4) is 5.69 Å². The molecule has 1 amide bonds. The standard InChI is InChI=1S/C18H21ClN4O/c1-11-13(8-21-23(11)17-5-3-2-4-15(17)19)18(24)22-9-12-6-7-16(20)14(12)10-22/h2-5,8,12,14,16H,6-7,9-10,20H2,1H3. The first kappa shape index (κ1) is 15.7. The van der Waals surface area contributed by atoms with Crippen molar-refractivity contribution in [2.24, 2.45) is 17.6 Å². The molecule has 6 heteroatoms. The van der Waals surface area contributed by atoms with Gasteiger partial charge >= 0.3 is 0 Å². The first-order valence-corrected chi connectivity index (χ1v) is 8.78. The van der Waals surface area contributed by atoms with Crippen LogP contribution in [0.2, 0.25) is 5.02 Å². The van der Waals surface area contributed by atoms with Crippen LogP contribution in [0.3, 0.4) is 0 Å². The fourth-order valence-electron chi connectivity index (χ4n) is 4.13. The molecule has 5 nitrogen and oxygen atoms in total. The van der Waals surface area contributed by atoms with Gasteiger partial charge in [0.1, 0.15) is 0 Å². The van der Waals surface area contributed by atoms with Gasteiger partial charge in [-0.1, -0.05) is 23.7 Å². The Bertz CT molecular complexity index is 787. The van der Waals surface area contributed by atoms with E-state index in [0.717, 1.165) is 37.3 Å². The largest absolute Gasteiger partial charge is 0.338 e. The highest BCUT2D eigenvalue weighted by atomic mass is 35.5. The van der Waals surface area contributed by atoms with Crippen LogP contribution in [0.5, 0.6) is 0 Å². The van der Waals surface area contributed by atoms with Crippen LogP contribution in [0.25, 0.3) is 5.69 Å². The third-order valence-electron chi connectivity index (χ3n) is 5.52. The van der Waals surface area contributed by atoms with Crippen LogP contribution < -0.4 is 5.73 Å². The molecule has 1 saturated carbocycles. The summed E-state index contributed by atoms with van der Waals surface area (Å²) in [5.74, 6) is 1.06. The second kappa shape index (κ2) is 5.90. The number of carbonyl (C=O) groups excluding carboxylic acids is 1. The van der Waals surface area contributed by atoms with Crippen molar-refractivity contribution in [3.63, 3.8) is 0 Å². The average Bonchev–Trinajstić information content (AvgIpc) is 3.24. The van der Waals surface area contributed by atoms with E-state index >= 15 is 0 Å². The summed E-state index contributed by atoms with van der Waals surface area (Å²) in [4.78, 5) is 14.9. The van der Waals surface area contributed by atoms with Gasteiger partial charge in [0.2, 0.25) is 0 Å². The van der Waals surface area contributed by atoms with Crippen LogP contribution in [0.15, 0.2) is 30.5 Å². The van der Waals surface area contributed by atoms with Crippen LogP contribution in [-0.2, 0) is 0 Å². The number of hydrogen-bond acceptors (Lipinski definition) is 3. The molecule has 1 aromatic carbocycles. The summed E-state index contributed by atoms with van der Waals surface area (Å²) in [6, 6.07) is 7.74. The second-order valence-corrected chi connectivity index (χ2v) is 7.29.